The molecule has 1 rings (SSSR count). The second-order valence-electron chi connectivity index (χ2n) is 5.94. The Kier molecular flexibility index (Phi) is 7.41. The van der Waals surface area contributed by atoms with Gasteiger partial charge in [-0.3, -0.25) is 4.21 Å². The monoisotopic (exact) mass is 297 g/mol. The number of aliphatic hydroxyl groups is 1. The Morgan fingerprint density at radius 1 is 1.10 bits per heavy atom. The molecule has 0 fully saturated rings. The SMILES string of the molecule is CC(C)CNCC(O)CS(=O)c1ccc(C(C)C)cc1. The predicted octanol–water partition coefficient (Wildman–Crippen LogP) is 2.52. The first-order chi connectivity index (χ1) is 9.40. The highest BCUT2D eigenvalue weighted by Gasteiger charge is 2.11. The number of hydrogen-bond donors (Lipinski definition) is 2. The molecule has 0 spiro atoms. The zero-order valence-electron chi connectivity index (χ0n) is 12.9. The summed E-state index contributed by atoms with van der Waals surface area (Å²) in [6, 6.07) is 7.84. The molecule has 2 atom stereocenters. The first-order valence-corrected chi connectivity index (χ1v) is 8.59. The van der Waals surface area contributed by atoms with E-state index in [1.165, 1.54) is 5.56 Å². The summed E-state index contributed by atoms with van der Waals surface area (Å²) in [5.74, 6) is 1.31. The van der Waals surface area contributed by atoms with Crippen molar-refractivity contribution >= 4 is 10.8 Å². The molecule has 1 aromatic rings. The maximum atomic E-state index is 12.2. The first kappa shape index (κ1) is 17.3. The highest BCUT2D eigenvalue weighted by molar-refractivity contribution is 7.85. The maximum Gasteiger partial charge on any atom is 0.0783 e. The summed E-state index contributed by atoms with van der Waals surface area (Å²) >= 11 is 0. The number of hydrogen-bond acceptors (Lipinski definition) is 3. The Morgan fingerprint density at radius 3 is 2.20 bits per heavy atom. The molecule has 2 unspecified atom stereocenters. The van der Waals surface area contributed by atoms with Crippen LogP contribution in [0.15, 0.2) is 29.2 Å². The molecule has 0 saturated heterocycles. The van der Waals surface area contributed by atoms with E-state index in [9.17, 15) is 9.32 Å². The van der Waals surface area contributed by atoms with E-state index in [2.05, 4.69) is 33.0 Å². The van der Waals surface area contributed by atoms with Gasteiger partial charge in [0.05, 0.1) is 22.7 Å². The summed E-state index contributed by atoms with van der Waals surface area (Å²) in [6.07, 6.45) is -0.570. The first-order valence-electron chi connectivity index (χ1n) is 7.27. The van der Waals surface area contributed by atoms with Crippen molar-refractivity contribution in [1.29, 1.82) is 0 Å². The highest BCUT2D eigenvalue weighted by Crippen LogP contribution is 2.16. The minimum atomic E-state index is -1.14. The van der Waals surface area contributed by atoms with Crippen molar-refractivity contribution in [2.75, 3.05) is 18.8 Å². The average Bonchev–Trinajstić information content (AvgIpc) is 2.38. The molecule has 0 saturated carbocycles. The van der Waals surface area contributed by atoms with Gasteiger partial charge in [0.15, 0.2) is 0 Å². The van der Waals surface area contributed by atoms with E-state index in [4.69, 9.17) is 0 Å². The smallest absolute Gasteiger partial charge is 0.0783 e. The highest BCUT2D eigenvalue weighted by atomic mass is 32.2. The van der Waals surface area contributed by atoms with Crippen LogP contribution < -0.4 is 5.32 Å². The van der Waals surface area contributed by atoms with Gasteiger partial charge in [-0.05, 0) is 36.1 Å². The number of rotatable bonds is 8. The topological polar surface area (TPSA) is 49.3 Å². The van der Waals surface area contributed by atoms with E-state index < -0.39 is 16.9 Å². The zero-order valence-corrected chi connectivity index (χ0v) is 13.7. The number of aliphatic hydroxyl groups excluding tert-OH is 1. The second kappa shape index (κ2) is 8.55. The Hall–Kier alpha value is -0.710. The molecule has 0 heterocycles. The summed E-state index contributed by atoms with van der Waals surface area (Å²) in [6.45, 7) is 9.87. The number of nitrogens with one attached hydrogen (secondary N) is 1. The standard InChI is InChI=1S/C16H27NO2S/c1-12(2)9-17-10-15(18)11-20(19)16-7-5-14(6-8-16)13(3)4/h5-8,12-13,15,17-18H,9-11H2,1-4H3. The van der Waals surface area contributed by atoms with Crippen molar-refractivity contribution in [3.63, 3.8) is 0 Å². The third kappa shape index (κ3) is 6.16. The van der Waals surface area contributed by atoms with Crippen LogP contribution in [-0.2, 0) is 10.8 Å². The van der Waals surface area contributed by atoms with Gasteiger partial charge in [0.1, 0.15) is 0 Å². The van der Waals surface area contributed by atoms with Gasteiger partial charge in [0.25, 0.3) is 0 Å². The van der Waals surface area contributed by atoms with E-state index in [0.717, 1.165) is 11.4 Å². The van der Waals surface area contributed by atoms with Gasteiger partial charge in [-0.1, -0.05) is 39.8 Å². The van der Waals surface area contributed by atoms with Crippen LogP contribution in [-0.4, -0.2) is 34.3 Å². The molecule has 1 aromatic carbocycles. The van der Waals surface area contributed by atoms with Crippen LogP contribution in [0, 0.1) is 5.92 Å². The molecule has 0 amide bonds. The van der Waals surface area contributed by atoms with Gasteiger partial charge < -0.3 is 10.4 Å². The molecule has 3 nitrogen and oxygen atoms in total. The predicted molar refractivity (Wildman–Crippen MR) is 85.5 cm³/mol. The Morgan fingerprint density at radius 2 is 1.70 bits per heavy atom. The van der Waals surface area contributed by atoms with Crippen LogP contribution >= 0.6 is 0 Å². The van der Waals surface area contributed by atoms with Crippen LogP contribution in [0.3, 0.4) is 0 Å². The Labute approximate surface area is 125 Å². The number of benzene rings is 1. The quantitative estimate of drug-likeness (QED) is 0.775. The molecule has 114 valence electrons. The molecule has 4 heteroatoms. The Bertz CT molecular complexity index is 415. The third-order valence-corrected chi connectivity index (χ3v) is 4.57. The Balaban J connectivity index is 2.45. The van der Waals surface area contributed by atoms with E-state index in [1.54, 1.807) is 0 Å². The lowest BCUT2D eigenvalue weighted by Gasteiger charge is -2.13. The van der Waals surface area contributed by atoms with Gasteiger partial charge in [-0.25, -0.2) is 0 Å². The van der Waals surface area contributed by atoms with E-state index in [1.807, 2.05) is 24.3 Å². The molecule has 0 aliphatic rings. The van der Waals surface area contributed by atoms with Crippen LogP contribution in [0.1, 0.15) is 39.2 Å². The summed E-state index contributed by atoms with van der Waals surface area (Å²) in [7, 11) is -1.14. The van der Waals surface area contributed by atoms with Crippen molar-refractivity contribution in [2.45, 2.75) is 44.6 Å². The lowest BCUT2D eigenvalue weighted by molar-refractivity contribution is 0.193. The van der Waals surface area contributed by atoms with E-state index in [-0.39, 0.29) is 5.75 Å². The van der Waals surface area contributed by atoms with E-state index in [0.29, 0.717) is 18.4 Å². The van der Waals surface area contributed by atoms with Gasteiger partial charge >= 0.3 is 0 Å². The lowest BCUT2D eigenvalue weighted by atomic mass is 10.0. The fraction of sp³-hybridized carbons (Fsp3) is 0.625. The largest absolute Gasteiger partial charge is 0.391 e. The molecule has 0 aromatic heterocycles. The van der Waals surface area contributed by atoms with Crippen LogP contribution in [0.2, 0.25) is 0 Å². The molecule has 2 N–H and O–H groups in total. The van der Waals surface area contributed by atoms with Crippen molar-refractivity contribution in [2.24, 2.45) is 5.92 Å². The van der Waals surface area contributed by atoms with Crippen LogP contribution in [0.5, 0.6) is 0 Å². The molecule has 0 bridgehead atoms. The fourth-order valence-electron chi connectivity index (χ4n) is 1.87. The van der Waals surface area contributed by atoms with E-state index >= 15 is 0 Å². The van der Waals surface area contributed by atoms with Gasteiger partial charge in [0, 0.05) is 11.4 Å². The second-order valence-corrected chi connectivity index (χ2v) is 7.44. The third-order valence-electron chi connectivity index (χ3n) is 3.09. The van der Waals surface area contributed by atoms with Crippen LogP contribution in [0.25, 0.3) is 0 Å². The summed E-state index contributed by atoms with van der Waals surface area (Å²) in [5.41, 5.74) is 1.24. The minimum absolute atomic E-state index is 0.284. The maximum absolute atomic E-state index is 12.2. The molecular weight excluding hydrogens is 270 g/mol. The van der Waals surface area contributed by atoms with Crippen molar-refractivity contribution in [3.05, 3.63) is 29.8 Å². The molecular formula is C16H27NO2S. The minimum Gasteiger partial charge on any atom is -0.391 e. The van der Waals surface area contributed by atoms with Crippen molar-refractivity contribution < 1.29 is 9.32 Å². The summed E-state index contributed by atoms with van der Waals surface area (Å²) in [4.78, 5) is 0.789. The molecule has 0 aliphatic carbocycles. The van der Waals surface area contributed by atoms with Crippen LogP contribution in [0.4, 0.5) is 0 Å². The van der Waals surface area contributed by atoms with Gasteiger partial charge in [0.2, 0.25) is 0 Å². The van der Waals surface area contributed by atoms with Gasteiger partial charge in [-0.2, -0.15) is 0 Å². The summed E-state index contributed by atoms with van der Waals surface area (Å²) in [5, 5.41) is 13.1. The van der Waals surface area contributed by atoms with Crippen molar-refractivity contribution in [1.82, 2.24) is 5.32 Å². The molecule has 20 heavy (non-hydrogen) atoms. The normalized spacial score (nSPS) is 14.8. The molecule has 0 aliphatic heterocycles. The fourth-order valence-corrected chi connectivity index (χ4v) is 2.97. The summed E-state index contributed by atoms with van der Waals surface area (Å²) < 4.78 is 12.2. The average molecular weight is 297 g/mol. The molecule has 0 radical (unpaired) electrons. The van der Waals surface area contributed by atoms with Crippen molar-refractivity contribution in [3.8, 4) is 0 Å². The lowest BCUT2D eigenvalue weighted by Crippen LogP contribution is -2.33. The zero-order chi connectivity index (χ0) is 15.1. The van der Waals surface area contributed by atoms with Gasteiger partial charge in [-0.15, -0.1) is 0 Å².